The minimum absolute atomic E-state index is 0.255. The Morgan fingerprint density at radius 2 is 1.80 bits per heavy atom. The summed E-state index contributed by atoms with van der Waals surface area (Å²) in [6.07, 6.45) is 0.777. The molecular weight excluding hydrogens is 264 g/mol. The Morgan fingerprint density at radius 1 is 1.25 bits per heavy atom. The van der Waals surface area contributed by atoms with Gasteiger partial charge in [0.2, 0.25) is 5.91 Å². The van der Waals surface area contributed by atoms with E-state index in [-0.39, 0.29) is 12.3 Å². The van der Waals surface area contributed by atoms with Crippen molar-refractivity contribution in [2.24, 2.45) is 0 Å². The van der Waals surface area contributed by atoms with E-state index < -0.39 is 23.7 Å². The van der Waals surface area contributed by atoms with Gasteiger partial charge in [0, 0.05) is 13.1 Å². The lowest BCUT2D eigenvalue weighted by Crippen LogP contribution is -2.46. The van der Waals surface area contributed by atoms with Crippen LogP contribution < -0.4 is 5.32 Å². The second-order valence-corrected chi connectivity index (χ2v) is 5.83. The van der Waals surface area contributed by atoms with Gasteiger partial charge in [-0.15, -0.1) is 0 Å². The van der Waals surface area contributed by atoms with E-state index in [9.17, 15) is 14.4 Å². The Bertz CT molecular complexity index is 383. The predicted molar refractivity (Wildman–Crippen MR) is 71.2 cm³/mol. The maximum Gasteiger partial charge on any atom is 0.408 e. The number of rotatable bonds is 4. The van der Waals surface area contributed by atoms with Crippen molar-refractivity contribution in [2.45, 2.75) is 51.7 Å². The van der Waals surface area contributed by atoms with Crippen LogP contribution >= 0.6 is 0 Å². The summed E-state index contributed by atoms with van der Waals surface area (Å²) in [5.41, 5.74) is -0.716. The van der Waals surface area contributed by atoms with E-state index in [1.807, 2.05) is 0 Å². The van der Waals surface area contributed by atoms with E-state index in [4.69, 9.17) is 9.84 Å². The largest absolute Gasteiger partial charge is 0.480 e. The van der Waals surface area contributed by atoms with Gasteiger partial charge < -0.3 is 20.1 Å². The highest BCUT2D eigenvalue weighted by molar-refractivity contribution is 5.87. The Labute approximate surface area is 118 Å². The third-order valence-corrected chi connectivity index (χ3v) is 2.83. The van der Waals surface area contributed by atoms with Crippen LogP contribution in [0.5, 0.6) is 0 Å². The van der Waals surface area contributed by atoms with E-state index >= 15 is 0 Å². The molecule has 0 radical (unpaired) electrons. The normalized spacial score (nSPS) is 16.6. The Balaban J connectivity index is 2.54. The zero-order valence-corrected chi connectivity index (χ0v) is 12.1. The second kappa shape index (κ2) is 6.58. The minimum Gasteiger partial charge on any atom is -0.480 e. The van der Waals surface area contributed by atoms with Gasteiger partial charge in [0.15, 0.2) is 0 Å². The average molecular weight is 286 g/mol. The molecule has 1 saturated heterocycles. The quantitative estimate of drug-likeness (QED) is 0.803. The molecule has 7 nitrogen and oxygen atoms in total. The summed E-state index contributed by atoms with van der Waals surface area (Å²) in [4.78, 5) is 36.2. The lowest BCUT2D eigenvalue weighted by atomic mass is 10.2. The van der Waals surface area contributed by atoms with Crippen molar-refractivity contribution in [3.8, 4) is 0 Å². The first-order valence-corrected chi connectivity index (χ1v) is 6.69. The number of nitrogens with one attached hydrogen (secondary N) is 1. The van der Waals surface area contributed by atoms with Gasteiger partial charge in [-0.2, -0.15) is 0 Å². The van der Waals surface area contributed by atoms with Gasteiger partial charge in [-0.1, -0.05) is 0 Å². The Hall–Kier alpha value is -1.79. The van der Waals surface area contributed by atoms with Crippen molar-refractivity contribution in [3.05, 3.63) is 0 Å². The topological polar surface area (TPSA) is 95.9 Å². The first kappa shape index (κ1) is 16.3. The van der Waals surface area contributed by atoms with Crippen molar-refractivity contribution in [1.29, 1.82) is 0 Å². The summed E-state index contributed by atoms with van der Waals surface area (Å²) in [6, 6.07) is -1.27. The minimum atomic E-state index is -1.27. The molecule has 0 spiro atoms. The van der Waals surface area contributed by atoms with E-state index in [0.717, 1.165) is 12.8 Å². The first-order valence-electron chi connectivity index (χ1n) is 6.69. The SMILES string of the molecule is CC(C)(C)OC(=O)N[C@@H](CC(=O)N1CCCC1)C(=O)O. The molecule has 114 valence electrons. The highest BCUT2D eigenvalue weighted by Crippen LogP contribution is 2.11. The number of carbonyl (C=O) groups excluding carboxylic acids is 2. The van der Waals surface area contributed by atoms with Crippen molar-refractivity contribution < 1.29 is 24.2 Å². The zero-order valence-electron chi connectivity index (χ0n) is 12.1. The summed E-state index contributed by atoms with van der Waals surface area (Å²) < 4.78 is 4.99. The molecule has 7 heteroatoms. The van der Waals surface area contributed by atoms with Gasteiger partial charge >= 0.3 is 12.1 Å². The van der Waals surface area contributed by atoms with Gasteiger partial charge in [0.05, 0.1) is 6.42 Å². The fourth-order valence-corrected chi connectivity index (χ4v) is 1.92. The number of carboxylic acids is 1. The third-order valence-electron chi connectivity index (χ3n) is 2.83. The third kappa shape index (κ3) is 5.46. The number of carbonyl (C=O) groups is 3. The number of likely N-dealkylation sites (tertiary alicyclic amines) is 1. The van der Waals surface area contributed by atoms with Gasteiger partial charge in [0.25, 0.3) is 0 Å². The number of alkyl carbamates (subject to hydrolysis) is 1. The van der Waals surface area contributed by atoms with Crippen molar-refractivity contribution in [3.63, 3.8) is 0 Å². The summed E-state index contributed by atoms with van der Waals surface area (Å²) in [6.45, 7) is 6.34. The Kier molecular flexibility index (Phi) is 5.35. The zero-order chi connectivity index (χ0) is 15.3. The molecule has 0 saturated carbocycles. The van der Waals surface area contributed by atoms with Crippen LogP contribution in [0.25, 0.3) is 0 Å². The van der Waals surface area contributed by atoms with Crippen LogP contribution in [-0.2, 0) is 14.3 Å². The molecule has 2 amide bonds. The molecule has 2 N–H and O–H groups in total. The van der Waals surface area contributed by atoms with Crippen LogP contribution in [0, 0.1) is 0 Å². The van der Waals surface area contributed by atoms with Crippen molar-refractivity contribution in [1.82, 2.24) is 10.2 Å². The molecule has 1 aliphatic rings. The number of amides is 2. The van der Waals surface area contributed by atoms with Gasteiger partial charge in [-0.3, -0.25) is 4.79 Å². The van der Waals surface area contributed by atoms with Gasteiger partial charge in [0.1, 0.15) is 11.6 Å². The lowest BCUT2D eigenvalue weighted by Gasteiger charge is -2.23. The highest BCUT2D eigenvalue weighted by atomic mass is 16.6. The lowest BCUT2D eigenvalue weighted by molar-refractivity contribution is -0.143. The summed E-state index contributed by atoms with van der Waals surface area (Å²) >= 11 is 0. The number of aliphatic carboxylic acids is 1. The second-order valence-electron chi connectivity index (χ2n) is 5.83. The van der Waals surface area contributed by atoms with E-state index in [1.54, 1.807) is 25.7 Å². The van der Waals surface area contributed by atoms with Gasteiger partial charge in [-0.25, -0.2) is 9.59 Å². The van der Waals surface area contributed by atoms with Crippen LogP contribution in [-0.4, -0.2) is 52.7 Å². The van der Waals surface area contributed by atoms with Crippen LogP contribution in [0.15, 0.2) is 0 Å². The maximum absolute atomic E-state index is 11.9. The van der Waals surface area contributed by atoms with Crippen LogP contribution in [0.3, 0.4) is 0 Å². The number of ether oxygens (including phenoxy) is 1. The Morgan fingerprint density at radius 3 is 2.25 bits per heavy atom. The molecule has 1 rings (SSSR count). The molecule has 1 atom stereocenters. The molecule has 0 aliphatic carbocycles. The molecule has 0 aromatic heterocycles. The average Bonchev–Trinajstić information content (AvgIpc) is 2.78. The number of nitrogens with zero attached hydrogens (tertiary/aromatic N) is 1. The van der Waals surface area contributed by atoms with Crippen LogP contribution in [0.2, 0.25) is 0 Å². The maximum atomic E-state index is 11.9. The molecular formula is C13H22N2O5. The molecule has 0 aromatic carbocycles. The highest BCUT2D eigenvalue weighted by Gasteiger charge is 2.28. The molecule has 0 aromatic rings. The smallest absolute Gasteiger partial charge is 0.408 e. The molecule has 0 bridgehead atoms. The fraction of sp³-hybridized carbons (Fsp3) is 0.769. The first-order chi connectivity index (χ1) is 9.19. The molecule has 0 unspecified atom stereocenters. The van der Waals surface area contributed by atoms with E-state index in [2.05, 4.69) is 5.32 Å². The monoisotopic (exact) mass is 286 g/mol. The molecule has 1 aliphatic heterocycles. The number of hydrogen-bond donors (Lipinski definition) is 2. The standard InChI is InChI=1S/C13H22N2O5/c1-13(2,3)20-12(19)14-9(11(17)18)8-10(16)15-6-4-5-7-15/h9H,4-8H2,1-3H3,(H,14,19)(H,17,18)/t9-/m0/s1. The molecule has 20 heavy (non-hydrogen) atoms. The van der Waals surface area contributed by atoms with Gasteiger partial charge in [-0.05, 0) is 33.6 Å². The number of carboxylic acid groups (broad SMARTS) is 1. The summed E-state index contributed by atoms with van der Waals surface area (Å²) in [7, 11) is 0. The fourth-order valence-electron chi connectivity index (χ4n) is 1.92. The predicted octanol–water partition coefficient (Wildman–Crippen LogP) is 0.977. The van der Waals surface area contributed by atoms with Crippen LogP contribution in [0.1, 0.15) is 40.0 Å². The van der Waals surface area contributed by atoms with E-state index in [0.29, 0.717) is 13.1 Å². The van der Waals surface area contributed by atoms with E-state index in [1.165, 1.54) is 0 Å². The van der Waals surface area contributed by atoms with Crippen molar-refractivity contribution >= 4 is 18.0 Å². The molecule has 1 fully saturated rings. The van der Waals surface area contributed by atoms with Crippen LogP contribution in [0.4, 0.5) is 4.79 Å². The number of hydrogen-bond acceptors (Lipinski definition) is 4. The van der Waals surface area contributed by atoms with Crippen molar-refractivity contribution in [2.75, 3.05) is 13.1 Å². The molecule has 1 heterocycles. The summed E-state index contributed by atoms with van der Waals surface area (Å²) in [5.74, 6) is -1.51. The summed E-state index contributed by atoms with van der Waals surface area (Å²) in [5, 5.41) is 11.3.